The smallest absolute Gasteiger partial charge is 0.350 e. The molecular weight excluding hydrogens is 402 g/mol. The number of pyridine rings is 1. The SMILES string of the molecule is COC(=O)c1sc2nc(CN(C)C3CCOC3)ccc2c1NC(=O)c1ccccc1. The summed E-state index contributed by atoms with van der Waals surface area (Å²) < 4.78 is 10.4. The number of nitrogens with one attached hydrogen (secondary N) is 1. The maximum absolute atomic E-state index is 12.7. The van der Waals surface area contributed by atoms with E-state index in [9.17, 15) is 9.59 Å². The minimum atomic E-state index is -0.497. The van der Waals surface area contributed by atoms with Crippen molar-refractivity contribution in [2.75, 3.05) is 32.7 Å². The summed E-state index contributed by atoms with van der Waals surface area (Å²) in [4.78, 5) is 33.0. The standard InChI is InChI=1S/C22H23N3O4S/c1-25(16-10-11-29-13-16)12-15-8-9-17-18(19(22(27)28-2)30-21(17)23-15)24-20(26)14-6-4-3-5-7-14/h3-9,16H,10-13H2,1-2H3,(H,24,26). The Morgan fingerprint density at radius 2 is 2.07 bits per heavy atom. The fourth-order valence-corrected chi connectivity index (χ4v) is 4.56. The van der Waals surface area contributed by atoms with Crippen LogP contribution in [-0.2, 0) is 16.0 Å². The molecule has 30 heavy (non-hydrogen) atoms. The highest BCUT2D eigenvalue weighted by Gasteiger charge is 2.24. The van der Waals surface area contributed by atoms with Gasteiger partial charge in [-0.05, 0) is 37.7 Å². The first-order valence-corrected chi connectivity index (χ1v) is 10.5. The van der Waals surface area contributed by atoms with E-state index in [0.717, 1.165) is 30.7 Å². The number of esters is 1. The minimum Gasteiger partial charge on any atom is -0.465 e. The van der Waals surface area contributed by atoms with Crippen molar-refractivity contribution in [1.29, 1.82) is 0 Å². The van der Waals surface area contributed by atoms with Crippen molar-refractivity contribution in [3.8, 4) is 0 Å². The Morgan fingerprint density at radius 3 is 2.77 bits per heavy atom. The van der Waals surface area contributed by atoms with E-state index in [4.69, 9.17) is 14.5 Å². The molecule has 3 aromatic rings. The summed E-state index contributed by atoms with van der Waals surface area (Å²) in [5, 5.41) is 3.60. The van der Waals surface area contributed by atoms with Crippen LogP contribution in [0.4, 0.5) is 5.69 Å². The summed E-state index contributed by atoms with van der Waals surface area (Å²) in [6.45, 7) is 2.21. The molecule has 3 heterocycles. The highest BCUT2D eigenvalue weighted by molar-refractivity contribution is 7.21. The summed E-state index contributed by atoms with van der Waals surface area (Å²) in [6.07, 6.45) is 1.01. The third kappa shape index (κ3) is 4.21. The zero-order chi connectivity index (χ0) is 21.1. The zero-order valence-corrected chi connectivity index (χ0v) is 17.7. The molecule has 1 atom stereocenters. The highest BCUT2D eigenvalue weighted by atomic mass is 32.1. The molecule has 156 valence electrons. The Kier molecular flexibility index (Phi) is 6.08. The van der Waals surface area contributed by atoms with Crippen LogP contribution < -0.4 is 5.32 Å². The Labute approximate surface area is 178 Å². The van der Waals surface area contributed by atoms with Crippen molar-refractivity contribution in [2.24, 2.45) is 0 Å². The summed E-state index contributed by atoms with van der Waals surface area (Å²) >= 11 is 1.22. The lowest BCUT2D eigenvalue weighted by molar-refractivity contribution is 0.0607. The number of anilines is 1. The number of thiophene rings is 1. The van der Waals surface area contributed by atoms with Crippen molar-refractivity contribution in [1.82, 2.24) is 9.88 Å². The van der Waals surface area contributed by atoms with Crippen LogP contribution in [0.5, 0.6) is 0 Å². The van der Waals surface area contributed by atoms with Crippen molar-refractivity contribution in [2.45, 2.75) is 19.0 Å². The van der Waals surface area contributed by atoms with E-state index in [1.54, 1.807) is 24.3 Å². The van der Waals surface area contributed by atoms with Gasteiger partial charge in [0.2, 0.25) is 0 Å². The van der Waals surface area contributed by atoms with Gasteiger partial charge in [0.25, 0.3) is 5.91 Å². The number of rotatable bonds is 6. The molecule has 0 bridgehead atoms. The highest BCUT2D eigenvalue weighted by Crippen LogP contribution is 2.36. The lowest BCUT2D eigenvalue weighted by Gasteiger charge is -2.22. The van der Waals surface area contributed by atoms with Gasteiger partial charge in [-0.3, -0.25) is 9.69 Å². The van der Waals surface area contributed by atoms with Crippen LogP contribution in [0.3, 0.4) is 0 Å². The molecule has 2 aromatic heterocycles. The Morgan fingerprint density at radius 1 is 1.27 bits per heavy atom. The van der Waals surface area contributed by atoms with E-state index in [0.29, 0.717) is 33.5 Å². The third-order valence-electron chi connectivity index (χ3n) is 5.20. The normalized spacial score (nSPS) is 16.2. The fraction of sp³-hybridized carbons (Fsp3) is 0.318. The van der Waals surface area contributed by atoms with Crippen LogP contribution in [0.25, 0.3) is 10.2 Å². The van der Waals surface area contributed by atoms with Crippen LogP contribution in [-0.4, -0.2) is 55.2 Å². The lowest BCUT2D eigenvalue weighted by atomic mass is 10.2. The summed E-state index contributed by atoms with van der Waals surface area (Å²) in [6, 6.07) is 13.1. The number of amides is 1. The third-order valence-corrected chi connectivity index (χ3v) is 6.28. The molecule has 0 aliphatic carbocycles. The van der Waals surface area contributed by atoms with E-state index in [2.05, 4.69) is 17.3 Å². The second kappa shape index (κ2) is 8.91. The van der Waals surface area contributed by atoms with Crippen LogP contribution in [0, 0.1) is 0 Å². The molecule has 1 amide bonds. The summed E-state index contributed by atoms with van der Waals surface area (Å²) in [7, 11) is 3.39. The topological polar surface area (TPSA) is 80.8 Å². The van der Waals surface area contributed by atoms with Gasteiger partial charge in [0.15, 0.2) is 0 Å². The molecule has 0 spiro atoms. The average molecular weight is 426 g/mol. The van der Waals surface area contributed by atoms with E-state index in [1.165, 1.54) is 18.4 Å². The van der Waals surface area contributed by atoms with Crippen molar-refractivity contribution >= 4 is 39.1 Å². The lowest BCUT2D eigenvalue weighted by Crippen LogP contribution is -2.31. The number of likely N-dealkylation sites (N-methyl/N-ethyl adjacent to an activating group) is 1. The maximum atomic E-state index is 12.7. The number of ether oxygens (including phenoxy) is 2. The number of hydrogen-bond donors (Lipinski definition) is 1. The van der Waals surface area contributed by atoms with Gasteiger partial charge in [-0.25, -0.2) is 9.78 Å². The Hall–Kier alpha value is -2.81. The van der Waals surface area contributed by atoms with Gasteiger partial charge in [0, 0.05) is 30.1 Å². The van der Waals surface area contributed by atoms with Crippen LogP contribution in [0.15, 0.2) is 42.5 Å². The average Bonchev–Trinajstić information content (AvgIpc) is 3.42. The molecule has 1 aliphatic rings. The number of carbonyl (C=O) groups is 2. The molecule has 1 saturated heterocycles. The number of hydrogen-bond acceptors (Lipinski definition) is 7. The molecule has 4 rings (SSSR count). The molecule has 8 heteroatoms. The first-order chi connectivity index (χ1) is 14.6. The van der Waals surface area contributed by atoms with Crippen LogP contribution >= 0.6 is 11.3 Å². The Balaban J connectivity index is 1.64. The summed E-state index contributed by atoms with van der Waals surface area (Å²) in [5.74, 6) is -0.784. The summed E-state index contributed by atoms with van der Waals surface area (Å²) in [5.41, 5.74) is 1.85. The number of aromatic nitrogens is 1. The second-order valence-electron chi connectivity index (χ2n) is 7.21. The van der Waals surface area contributed by atoms with Crippen molar-refractivity contribution in [3.63, 3.8) is 0 Å². The quantitative estimate of drug-likeness (QED) is 0.609. The molecule has 0 radical (unpaired) electrons. The van der Waals surface area contributed by atoms with Gasteiger partial charge in [0.1, 0.15) is 9.71 Å². The molecule has 7 nitrogen and oxygen atoms in total. The molecule has 1 aliphatic heterocycles. The minimum absolute atomic E-state index is 0.287. The molecule has 1 unspecified atom stereocenters. The zero-order valence-electron chi connectivity index (χ0n) is 16.9. The number of nitrogens with zero attached hydrogens (tertiary/aromatic N) is 2. The first-order valence-electron chi connectivity index (χ1n) is 9.72. The van der Waals surface area contributed by atoms with Gasteiger partial charge >= 0.3 is 5.97 Å². The first kappa shape index (κ1) is 20.5. The molecular formula is C22H23N3O4S. The second-order valence-corrected chi connectivity index (χ2v) is 8.20. The van der Waals surface area contributed by atoms with E-state index < -0.39 is 5.97 Å². The number of benzene rings is 1. The van der Waals surface area contributed by atoms with Gasteiger partial charge in [0.05, 0.1) is 25.1 Å². The van der Waals surface area contributed by atoms with Crippen molar-refractivity contribution < 1.29 is 19.1 Å². The molecule has 1 N–H and O–H groups in total. The molecule has 0 saturated carbocycles. The van der Waals surface area contributed by atoms with Gasteiger partial charge in [-0.15, -0.1) is 11.3 Å². The van der Waals surface area contributed by atoms with Crippen LogP contribution in [0.2, 0.25) is 0 Å². The number of carbonyl (C=O) groups excluding carboxylic acids is 2. The van der Waals surface area contributed by atoms with E-state index >= 15 is 0 Å². The van der Waals surface area contributed by atoms with Gasteiger partial charge in [-0.1, -0.05) is 18.2 Å². The van der Waals surface area contributed by atoms with E-state index in [-0.39, 0.29) is 5.91 Å². The number of fused-ring (bicyclic) bond motifs is 1. The van der Waals surface area contributed by atoms with Gasteiger partial charge in [-0.2, -0.15) is 0 Å². The number of methoxy groups -OCH3 is 1. The largest absolute Gasteiger partial charge is 0.465 e. The maximum Gasteiger partial charge on any atom is 0.350 e. The van der Waals surface area contributed by atoms with Crippen LogP contribution in [0.1, 0.15) is 32.1 Å². The van der Waals surface area contributed by atoms with E-state index in [1.807, 2.05) is 18.2 Å². The molecule has 1 fully saturated rings. The Bertz CT molecular complexity index is 1060. The monoisotopic (exact) mass is 425 g/mol. The predicted molar refractivity (Wildman–Crippen MR) is 116 cm³/mol. The van der Waals surface area contributed by atoms with Gasteiger partial charge < -0.3 is 14.8 Å². The fourth-order valence-electron chi connectivity index (χ4n) is 3.49. The molecule has 1 aromatic carbocycles. The van der Waals surface area contributed by atoms with Crippen molar-refractivity contribution in [3.05, 3.63) is 58.6 Å². The predicted octanol–water partition coefficient (Wildman–Crippen LogP) is 3.56.